The van der Waals surface area contributed by atoms with E-state index < -0.39 is 0 Å². The van der Waals surface area contributed by atoms with Crippen molar-refractivity contribution in [3.05, 3.63) is 93.9 Å². The molecule has 32 heavy (non-hydrogen) atoms. The lowest BCUT2D eigenvalue weighted by atomic mass is 9.98. The summed E-state index contributed by atoms with van der Waals surface area (Å²) in [6.07, 6.45) is 3.47. The summed E-state index contributed by atoms with van der Waals surface area (Å²) in [5.74, 6) is -0.330. The molecule has 1 aliphatic heterocycles. The van der Waals surface area contributed by atoms with Crippen LogP contribution in [0.5, 0.6) is 0 Å². The summed E-state index contributed by atoms with van der Waals surface area (Å²) < 4.78 is 0.784. The van der Waals surface area contributed by atoms with Crippen molar-refractivity contribution >= 4 is 11.8 Å². The van der Waals surface area contributed by atoms with E-state index in [4.69, 9.17) is 0 Å². The van der Waals surface area contributed by atoms with Gasteiger partial charge in [-0.25, -0.2) is 0 Å². The van der Waals surface area contributed by atoms with E-state index in [-0.39, 0.29) is 18.4 Å². The first-order valence-corrected chi connectivity index (χ1v) is 10.9. The van der Waals surface area contributed by atoms with Gasteiger partial charge in [-0.05, 0) is 55.2 Å². The van der Waals surface area contributed by atoms with Crippen molar-refractivity contribution < 1.29 is 14.3 Å². The molecule has 1 aromatic heterocycles. The normalized spacial score (nSPS) is 13.2. The Hall–Kier alpha value is -3.67. The number of nitrogens with zero attached hydrogens (tertiary/aromatic N) is 2. The lowest BCUT2D eigenvalue weighted by molar-refractivity contribution is -0.612. The number of hydrogen-bond acceptors (Lipinski definition) is 3. The number of aromatic nitrogens is 1. The Kier molecular flexibility index (Phi) is 6.21. The molecule has 1 aliphatic rings. The van der Waals surface area contributed by atoms with Crippen LogP contribution >= 0.6 is 0 Å². The molecule has 0 radical (unpaired) electrons. The molecule has 0 atom stereocenters. The van der Waals surface area contributed by atoms with Crippen LogP contribution in [0.15, 0.2) is 60.8 Å². The summed E-state index contributed by atoms with van der Waals surface area (Å²) in [5, 5.41) is 14.7. The highest BCUT2D eigenvalue weighted by Crippen LogP contribution is 2.25. The molecule has 1 N–H and O–H groups in total. The third-order valence-electron chi connectivity index (χ3n) is 5.84. The van der Waals surface area contributed by atoms with E-state index in [1.807, 2.05) is 54.3 Å². The van der Waals surface area contributed by atoms with Crippen LogP contribution in [0.4, 0.5) is 0 Å². The maximum absolute atomic E-state index is 13.1. The fraction of sp³-hybridized carbons (Fsp3) is 0.269. The molecule has 164 valence electrons. The first kappa shape index (κ1) is 21.6. The van der Waals surface area contributed by atoms with Gasteiger partial charge in [-0.2, -0.15) is 4.73 Å². The van der Waals surface area contributed by atoms with Gasteiger partial charge < -0.3 is 15.4 Å². The minimum absolute atomic E-state index is 0.0450. The molecule has 2 heterocycles. The lowest BCUT2D eigenvalue weighted by Gasteiger charge is -2.17. The van der Waals surface area contributed by atoms with Gasteiger partial charge in [-0.1, -0.05) is 29.8 Å². The van der Waals surface area contributed by atoms with Gasteiger partial charge in [0.1, 0.15) is 0 Å². The van der Waals surface area contributed by atoms with Crippen LogP contribution in [-0.2, 0) is 6.54 Å². The second-order valence-corrected chi connectivity index (χ2v) is 8.35. The molecule has 0 aliphatic carbocycles. The zero-order valence-corrected chi connectivity index (χ0v) is 18.4. The van der Waals surface area contributed by atoms with E-state index in [1.54, 1.807) is 19.1 Å². The Bertz CT molecular complexity index is 1150. The standard InChI is InChI=1S/C26H27N3O3/c1-18-5-9-21(10-6-18)22-13-23(15-24(14-22)26(31)28-11-3-4-12-28)25(30)27-16-20-8-7-19(2)29(32)17-20/h5-10,13-15,17H,3-4,11-12,16H2,1-2H3,(H,27,30). The second-order valence-electron chi connectivity index (χ2n) is 8.35. The first-order chi connectivity index (χ1) is 15.4. The van der Waals surface area contributed by atoms with Gasteiger partial charge in [0.05, 0.1) is 0 Å². The molecule has 2 aromatic carbocycles. The van der Waals surface area contributed by atoms with Crippen molar-refractivity contribution in [2.75, 3.05) is 13.1 Å². The third kappa shape index (κ3) is 4.80. The minimum atomic E-state index is -0.285. The number of carbonyl (C=O) groups is 2. The largest absolute Gasteiger partial charge is 0.619 e. The molecule has 6 nitrogen and oxygen atoms in total. The summed E-state index contributed by atoms with van der Waals surface area (Å²) in [7, 11) is 0. The van der Waals surface area contributed by atoms with Crippen LogP contribution in [0, 0.1) is 19.1 Å². The smallest absolute Gasteiger partial charge is 0.253 e. The summed E-state index contributed by atoms with van der Waals surface area (Å²) >= 11 is 0. The van der Waals surface area contributed by atoms with Crippen LogP contribution in [-0.4, -0.2) is 29.8 Å². The number of hydrogen-bond donors (Lipinski definition) is 1. The zero-order valence-electron chi connectivity index (χ0n) is 18.4. The van der Waals surface area contributed by atoms with Gasteiger partial charge in [0, 0.05) is 49.3 Å². The average molecular weight is 430 g/mol. The predicted octanol–water partition coefficient (Wildman–Crippen LogP) is 3.77. The Balaban J connectivity index is 1.63. The number of rotatable bonds is 5. The van der Waals surface area contributed by atoms with E-state index in [0.29, 0.717) is 22.4 Å². The molecule has 0 unspecified atom stereocenters. The van der Waals surface area contributed by atoms with Crippen molar-refractivity contribution in [2.24, 2.45) is 0 Å². The Morgan fingerprint density at radius 1 is 0.938 bits per heavy atom. The Morgan fingerprint density at radius 3 is 2.31 bits per heavy atom. The van der Waals surface area contributed by atoms with E-state index in [0.717, 1.165) is 47.4 Å². The number of amides is 2. The Labute approximate surface area is 188 Å². The molecular weight excluding hydrogens is 402 g/mol. The summed E-state index contributed by atoms with van der Waals surface area (Å²) in [6, 6.07) is 16.9. The predicted molar refractivity (Wildman–Crippen MR) is 123 cm³/mol. The minimum Gasteiger partial charge on any atom is -0.619 e. The van der Waals surface area contributed by atoms with E-state index in [9.17, 15) is 14.8 Å². The Morgan fingerprint density at radius 2 is 1.62 bits per heavy atom. The summed E-state index contributed by atoms with van der Waals surface area (Å²) in [5.41, 5.74) is 5.16. The van der Waals surface area contributed by atoms with Gasteiger partial charge >= 0.3 is 0 Å². The maximum atomic E-state index is 13.1. The van der Waals surface area contributed by atoms with Crippen LogP contribution < -0.4 is 10.0 Å². The van der Waals surface area contributed by atoms with Gasteiger partial charge in [0.15, 0.2) is 11.9 Å². The van der Waals surface area contributed by atoms with Crippen molar-refractivity contribution in [3.63, 3.8) is 0 Å². The number of carbonyl (C=O) groups excluding carboxylic acids is 2. The highest BCUT2D eigenvalue weighted by molar-refractivity contribution is 6.01. The van der Waals surface area contributed by atoms with Gasteiger partial charge in [0.25, 0.3) is 11.8 Å². The fourth-order valence-electron chi connectivity index (χ4n) is 3.88. The fourth-order valence-corrected chi connectivity index (χ4v) is 3.88. The highest BCUT2D eigenvalue weighted by Gasteiger charge is 2.21. The maximum Gasteiger partial charge on any atom is 0.253 e. The highest BCUT2D eigenvalue weighted by atomic mass is 16.5. The van der Waals surface area contributed by atoms with Crippen molar-refractivity contribution in [2.45, 2.75) is 33.2 Å². The molecular formula is C26H27N3O3. The second kappa shape index (κ2) is 9.22. The van der Waals surface area contributed by atoms with Crippen molar-refractivity contribution in [1.29, 1.82) is 0 Å². The lowest BCUT2D eigenvalue weighted by Crippen LogP contribution is -2.31. The van der Waals surface area contributed by atoms with Gasteiger partial charge in [-0.15, -0.1) is 0 Å². The molecule has 1 fully saturated rings. The average Bonchev–Trinajstić information content (AvgIpc) is 3.34. The van der Waals surface area contributed by atoms with E-state index in [1.165, 1.54) is 6.20 Å². The van der Waals surface area contributed by atoms with Gasteiger partial charge in [0.2, 0.25) is 0 Å². The van der Waals surface area contributed by atoms with E-state index in [2.05, 4.69) is 5.32 Å². The van der Waals surface area contributed by atoms with Crippen LogP contribution in [0.25, 0.3) is 11.1 Å². The molecule has 4 rings (SSSR count). The third-order valence-corrected chi connectivity index (χ3v) is 5.84. The van der Waals surface area contributed by atoms with Crippen LogP contribution in [0.2, 0.25) is 0 Å². The molecule has 2 amide bonds. The zero-order chi connectivity index (χ0) is 22.7. The quantitative estimate of drug-likeness (QED) is 0.495. The van der Waals surface area contributed by atoms with Gasteiger partial charge in [-0.3, -0.25) is 9.59 Å². The van der Waals surface area contributed by atoms with Crippen LogP contribution in [0.3, 0.4) is 0 Å². The first-order valence-electron chi connectivity index (χ1n) is 10.9. The number of pyridine rings is 1. The van der Waals surface area contributed by atoms with E-state index >= 15 is 0 Å². The van der Waals surface area contributed by atoms with Crippen molar-refractivity contribution in [3.8, 4) is 11.1 Å². The molecule has 6 heteroatoms. The van der Waals surface area contributed by atoms with Crippen molar-refractivity contribution in [1.82, 2.24) is 10.2 Å². The number of benzene rings is 2. The van der Waals surface area contributed by atoms with Crippen LogP contribution in [0.1, 0.15) is 50.4 Å². The monoisotopic (exact) mass is 429 g/mol. The summed E-state index contributed by atoms with van der Waals surface area (Å²) in [4.78, 5) is 27.9. The summed E-state index contributed by atoms with van der Waals surface area (Å²) in [6.45, 7) is 5.47. The molecule has 3 aromatic rings. The molecule has 0 bridgehead atoms. The molecule has 1 saturated heterocycles. The SMILES string of the molecule is Cc1ccc(-c2cc(C(=O)NCc3ccc(C)[n+]([O-])c3)cc(C(=O)N3CCCC3)c2)cc1. The molecule has 0 spiro atoms. The molecule has 0 saturated carbocycles. The number of nitrogens with one attached hydrogen (secondary N) is 1. The number of aryl methyl sites for hydroxylation is 2. The topological polar surface area (TPSA) is 76.4 Å². The number of likely N-dealkylation sites (tertiary alicyclic amines) is 1.